The van der Waals surface area contributed by atoms with Gasteiger partial charge in [-0.25, -0.2) is 0 Å². The number of carbonyl (C=O) groups is 1. The molecular formula is C16H24O5. The quantitative estimate of drug-likeness (QED) is 0.580. The predicted molar refractivity (Wildman–Crippen MR) is 77.1 cm³/mol. The average Bonchev–Trinajstić information content (AvgIpc) is 2.70. The maximum atomic E-state index is 11.8. The van der Waals surface area contributed by atoms with Crippen LogP contribution in [0, 0.1) is 0 Å². The number of Topliss-reactive ketones (excluding diaryl/α,β-unsaturated/α-hetero) is 1. The van der Waals surface area contributed by atoms with Crippen LogP contribution in [0.4, 0.5) is 0 Å². The van der Waals surface area contributed by atoms with Gasteiger partial charge in [-0.15, -0.1) is 0 Å². The first kappa shape index (κ1) is 16.0. The van der Waals surface area contributed by atoms with Crippen molar-refractivity contribution in [2.75, 3.05) is 0 Å². The van der Waals surface area contributed by atoms with E-state index in [1.807, 2.05) is 0 Å². The molecule has 3 atom stereocenters. The van der Waals surface area contributed by atoms with Crippen molar-refractivity contribution in [1.29, 1.82) is 0 Å². The summed E-state index contributed by atoms with van der Waals surface area (Å²) in [6, 6.07) is 0. The highest BCUT2D eigenvalue weighted by Gasteiger charge is 2.53. The van der Waals surface area contributed by atoms with Gasteiger partial charge in [0.1, 0.15) is 23.4 Å². The minimum Gasteiger partial charge on any atom is -0.458 e. The van der Waals surface area contributed by atoms with E-state index in [0.29, 0.717) is 6.42 Å². The van der Waals surface area contributed by atoms with Crippen LogP contribution in [-0.4, -0.2) is 33.8 Å². The van der Waals surface area contributed by atoms with Crippen molar-refractivity contribution < 1.29 is 24.5 Å². The van der Waals surface area contributed by atoms with E-state index in [2.05, 4.69) is 13.5 Å². The Kier molecular flexibility index (Phi) is 4.74. The normalized spacial score (nSPS) is 32.0. The molecule has 1 unspecified atom stereocenters. The third-order valence-corrected chi connectivity index (χ3v) is 4.23. The van der Waals surface area contributed by atoms with Crippen LogP contribution in [0.1, 0.15) is 52.4 Å². The van der Waals surface area contributed by atoms with Crippen molar-refractivity contribution in [3.63, 3.8) is 0 Å². The van der Waals surface area contributed by atoms with Gasteiger partial charge in [0.2, 0.25) is 5.78 Å². The summed E-state index contributed by atoms with van der Waals surface area (Å²) in [4.78, 5) is 11.8. The molecule has 2 N–H and O–H groups in total. The van der Waals surface area contributed by atoms with Crippen molar-refractivity contribution >= 4 is 5.78 Å². The second kappa shape index (κ2) is 6.20. The fraction of sp³-hybridized carbons (Fsp3) is 0.688. The number of aliphatic hydroxyl groups excluding tert-OH is 1. The molecule has 2 rings (SSSR count). The molecule has 2 aliphatic heterocycles. The fourth-order valence-electron chi connectivity index (χ4n) is 2.78. The number of ether oxygens (including phenoxy) is 2. The number of hydrogen-bond donors (Lipinski definition) is 2. The average molecular weight is 296 g/mol. The first-order valence-electron chi connectivity index (χ1n) is 7.62. The molecular weight excluding hydrogens is 272 g/mol. The van der Waals surface area contributed by atoms with Crippen molar-refractivity contribution in [2.45, 2.75) is 70.2 Å². The summed E-state index contributed by atoms with van der Waals surface area (Å²) in [5, 5.41) is 20.8. The number of aliphatic hydroxyl groups is 2. The van der Waals surface area contributed by atoms with Crippen molar-refractivity contribution in [3.8, 4) is 0 Å². The fourth-order valence-corrected chi connectivity index (χ4v) is 2.78. The monoisotopic (exact) mass is 296 g/mol. The van der Waals surface area contributed by atoms with Crippen LogP contribution in [0.2, 0.25) is 0 Å². The molecule has 0 amide bonds. The van der Waals surface area contributed by atoms with Gasteiger partial charge < -0.3 is 19.7 Å². The van der Waals surface area contributed by atoms with Crippen molar-refractivity contribution in [3.05, 3.63) is 23.9 Å². The van der Waals surface area contributed by atoms with Gasteiger partial charge in [-0.05, 0) is 19.8 Å². The largest absolute Gasteiger partial charge is 0.458 e. The second-order valence-corrected chi connectivity index (χ2v) is 5.99. The zero-order valence-corrected chi connectivity index (χ0v) is 12.7. The van der Waals surface area contributed by atoms with E-state index in [-0.39, 0.29) is 17.3 Å². The number of rotatable bonds is 6. The first-order chi connectivity index (χ1) is 9.89. The maximum Gasteiger partial charge on any atom is 0.295 e. The van der Waals surface area contributed by atoms with Crippen LogP contribution >= 0.6 is 0 Å². The summed E-state index contributed by atoms with van der Waals surface area (Å²) in [7, 11) is 0. The second-order valence-electron chi connectivity index (χ2n) is 5.99. The SMILES string of the molecule is C=C1OC2=C(C1=O)[C@@H](O)[C@@](C)(O)C(CCCCCCC)O2. The summed E-state index contributed by atoms with van der Waals surface area (Å²) >= 11 is 0. The highest BCUT2D eigenvalue weighted by Crippen LogP contribution is 2.40. The predicted octanol–water partition coefficient (Wildman–Crippen LogP) is 2.18. The lowest BCUT2D eigenvalue weighted by atomic mass is 9.82. The van der Waals surface area contributed by atoms with Crippen LogP contribution in [0.3, 0.4) is 0 Å². The minimum absolute atomic E-state index is 0.00239. The molecule has 0 radical (unpaired) electrons. The van der Waals surface area contributed by atoms with Gasteiger partial charge in [0, 0.05) is 0 Å². The standard InChI is InChI=1S/C16H24O5/c1-4-5-6-7-8-9-11-16(3,19)14(18)12-13(17)10(2)20-15(12)21-11/h11,14,18-19H,2,4-9H2,1,3H3/t11?,14-,16+/m1/s1. The smallest absolute Gasteiger partial charge is 0.295 e. The summed E-state index contributed by atoms with van der Waals surface area (Å²) in [5.74, 6) is -0.569. The van der Waals surface area contributed by atoms with Crippen LogP contribution in [0.15, 0.2) is 23.9 Å². The Morgan fingerprint density at radius 3 is 2.62 bits per heavy atom. The lowest BCUT2D eigenvalue weighted by Crippen LogP contribution is -2.55. The summed E-state index contributed by atoms with van der Waals surface area (Å²) in [6.45, 7) is 7.12. The van der Waals surface area contributed by atoms with Gasteiger partial charge in [0.15, 0.2) is 5.76 Å². The molecule has 5 nitrogen and oxygen atoms in total. The number of ketones is 1. The number of unbranched alkanes of at least 4 members (excludes halogenated alkanes) is 4. The molecule has 0 bridgehead atoms. The molecule has 0 spiro atoms. The Bertz CT molecular complexity index is 463. The molecule has 21 heavy (non-hydrogen) atoms. The third kappa shape index (κ3) is 2.99. The van der Waals surface area contributed by atoms with Gasteiger partial charge in [-0.1, -0.05) is 39.2 Å². The van der Waals surface area contributed by atoms with Crippen LogP contribution < -0.4 is 0 Å². The number of allylic oxidation sites excluding steroid dienone is 1. The molecule has 5 heteroatoms. The van der Waals surface area contributed by atoms with Gasteiger partial charge >= 0.3 is 0 Å². The molecule has 118 valence electrons. The van der Waals surface area contributed by atoms with E-state index in [9.17, 15) is 15.0 Å². The van der Waals surface area contributed by atoms with Crippen molar-refractivity contribution in [2.24, 2.45) is 0 Å². The minimum atomic E-state index is -1.51. The molecule has 0 fully saturated rings. The van der Waals surface area contributed by atoms with E-state index < -0.39 is 23.6 Å². The Hall–Kier alpha value is -1.33. The maximum absolute atomic E-state index is 11.8. The van der Waals surface area contributed by atoms with Crippen LogP contribution in [-0.2, 0) is 14.3 Å². The molecule has 2 heterocycles. The zero-order valence-electron chi connectivity index (χ0n) is 12.7. The van der Waals surface area contributed by atoms with Crippen LogP contribution in [0.25, 0.3) is 0 Å². The zero-order chi connectivity index (χ0) is 15.6. The highest BCUT2D eigenvalue weighted by molar-refractivity contribution is 6.09. The highest BCUT2D eigenvalue weighted by atomic mass is 16.7. The first-order valence-corrected chi connectivity index (χ1v) is 7.62. The molecule has 2 aliphatic rings. The Labute approximate surface area is 125 Å². The lowest BCUT2D eigenvalue weighted by molar-refractivity contribution is -0.166. The van der Waals surface area contributed by atoms with Crippen LogP contribution in [0.5, 0.6) is 0 Å². The number of carbonyl (C=O) groups excluding carboxylic acids is 1. The molecule has 0 aromatic rings. The number of hydrogen-bond acceptors (Lipinski definition) is 5. The van der Waals surface area contributed by atoms with E-state index in [0.717, 1.165) is 19.3 Å². The topological polar surface area (TPSA) is 76.0 Å². The summed E-state index contributed by atoms with van der Waals surface area (Å²) < 4.78 is 10.8. The van der Waals surface area contributed by atoms with E-state index in [1.165, 1.54) is 19.8 Å². The summed E-state index contributed by atoms with van der Waals surface area (Å²) in [5.41, 5.74) is -1.53. The molecule has 0 saturated heterocycles. The molecule has 0 aromatic heterocycles. The Morgan fingerprint density at radius 1 is 1.29 bits per heavy atom. The van der Waals surface area contributed by atoms with Crippen molar-refractivity contribution in [1.82, 2.24) is 0 Å². The summed E-state index contributed by atoms with van der Waals surface area (Å²) in [6.07, 6.45) is 4.16. The Balaban J connectivity index is 2.03. The van der Waals surface area contributed by atoms with Gasteiger partial charge in [-0.3, -0.25) is 4.79 Å². The van der Waals surface area contributed by atoms with Gasteiger partial charge in [-0.2, -0.15) is 0 Å². The van der Waals surface area contributed by atoms with Gasteiger partial charge in [0.05, 0.1) is 0 Å². The molecule has 0 aliphatic carbocycles. The van der Waals surface area contributed by atoms with E-state index in [1.54, 1.807) is 0 Å². The molecule has 0 saturated carbocycles. The third-order valence-electron chi connectivity index (χ3n) is 4.23. The Morgan fingerprint density at radius 2 is 1.95 bits per heavy atom. The molecule has 0 aromatic carbocycles. The van der Waals surface area contributed by atoms with E-state index in [4.69, 9.17) is 9.47 Å². The van der Waals surface area contributed by atoms with Gasteiger partial charge in [0.25, 0.3) is 5.95 Å². The lowest BCUT2D eigenvalue weighted by Gasteiger charge is -2.40. The van der Waals surface area contributed by atoms with E-state index >= 15 is 0 Å².